The lowest BCUT2D eigenvalue weighted by atomic mass is 10.1. The second-order valence-electron chi connectivity index (χ2n) is 4.78. The van der Waals surface area contributed by atoms with Crippen molar-refractivity contribution in [3.63, 3.8) is 0 Å². The number of fused-ring (bicyclic) bond motifs is 2. The summed E-state index contributed by atoms with van der Waals surface area (Å²) in [6, 6.07) is 15.9. The van der Waals surface area contributed by atoms with Crippen LogP contribution in [0.1, 0.15) is 5.56 Å². The normalized spacial score (nSPS) is 11.3. The van der Waals surface area contributed by atoms with E-state index in [4.69, 9.17) is 11.6 Å². The predicted molar refractivity (Wildman–Crippen MR) is 83.7 cm³/mol. The summed E-state index contributed by atoms with van der Waals surface area (Å²) in [5.74, 6) is 1.21. The monoisotopic (exact) mass is 294 g/mol. The summed E-state index contributed by atoms with van der Waals surface area (Å²) < 4.78 is 1.77. The fraction of sp³-hybridized carbons (Fsp3) is 0.0625. The van der Waals surface area contributed by atoms with Crippen LogP contribution in [0, 0.1) is 0 Å². The Balaban J connectivity index is 2.07. The van der Waals surface area contributed by atoms with Crippen LogP contribution in [0.3, 0.4) is 0 Å². The number of nitrogens with zero attached hydrogens (tertiary/aromatic N) is 4. The van der Waals surface area contributed by atoms with Crippen LogP contribution in [0.2, 0.25) is 0 Å². The molecule has 0 aliphatic rings. The molecule has 2 aromatic carbocycles. The molecule has 0 atom stereocenters. The van der Waals surface area contributed by atoms with Crippen LogP contribution in [0.5, 0.6) is 0 Å². The Bertz CT molecular complexity index is 945. The smallest absolute Gasteiger partial charge is 0.163 e. The number of halogens is 1. The lowest BCUT2D eigenvalue weighted by Gasteiger charge is -2.08. The maximum Gasteiger partial charge on any atom is 0.163 e. The molecule has 0 unspecified atom stereocenters. The van der Waals surface area contributed by atoms with Gasteiger partial charge in [-0.25, -0.2) is 4.98 Å². The molecule has 21 heavy (non-hydrogen) atoms. The van der Waals surface area contributed by atoms with E-state index in [-0.39, 0.29) is 0 Å². The lowest BCUT2D eigenvalue weighted by molar-refractivity contribution is 0.807. The third-order valence-corrected chi connectivity index (χ3v) is 3.84. The van der Waals surface area contributed by atoms with Crippen LogP contribution in [0.4, 0.5) is 0 Å². The van der Waals surface area contributed by atoms with Crippen molar-refractivity contribution < 1.29 is 0 Å². The summed E-state index contributed by atoms with van der Waals surface area (Å²) in [6.07, 6.45) is 1.81. The van der Waals surface area contributed by atoms with Gasteiger partial charge in [-0.05, 0) is 23.1 Å². The van der Waals surface area contributed by atoms with Crippen LogP contribution >= 0.6 is 11.6 Å². The van der Waals surface area contributed by atoms with Crippen LogP contribution in [-0.4, -0.2) is 20.0 Å². The second-order valence-corrected chi connectivity index (χ2v) is 5.04. The van der Waals surface area contributed by atoms with E-state index in [0.29, 0.717) is 5.88 Å². The number of rotatable bonds is 2. The molecule has 4 nitrogen and oxygen atoms in total. The van der Waals surface area contributed by atoms with Crippen molar-refractivity contribution in [3.05, 3.63) is 60.3 Å². The van der Waals surface area contributed by atoms with Gasteiger partial charge in [-0.15, -0.1) is 16.7 Å². The number of benzene rings is 2. The molecule has 5 heteroatoms. The van der Waals surface area contributed by atoms with Crippen molar-refractivity contribution in [2.75, 3.05) is 0 Å². The molecule has 0 saturated heterocycles. The average molecular weight is 295 g/mol. The Kier molecular flexibility index (Phi) is 2.82. The highest BCUT2D eigenvalue weighted by atomic mass is 35.5. The Morgan fingerprint density at radius 2 is 1.71 bits per heavy atom. The molecule has 0 fully saturated rings. The highest BCUT2D eigenvalue weighted by molar-refractivity contribution is 6.18. The van der Waals surface area contributed by atoms with Crippen molar-refractivity contribution in [1.29, 1.82) is 0 Å². The van der Waals surface area contributed by atoms with Gasteiger partial charge in [0.15, 0.2) is 5.82 Å². The van der Waals surface area contributed by atoms with Crippen LogP contribution in [0.25, 0.3) is 27.6 Å². The fourth-order valence-corrected chi connectivity index (χ4v) is 2.75. The Labute approximate surface area is 126 Å². The van der Waals surface area contributed by atoms with Crippen LogP contribution in [-0.2, 0) is 5.88 Å². The van der Waals surface area contributed by atoms with Crippen molar-refractivity contribution in [1.82, 2.24) is 20.0 Å². The van der Waals surface area contributed by atoms with Gasteiger partial charge in [0.2, 0.25) is 0 Å². The third-order valence-electron chi connectivity index (χ3n) is 3.55. The zero-order valence-corrected chi connectivity index (χ0v) is 11.8. The highest BCUT2D eigenvalue weighted by Gasteiger charge is 2.12. The van der Waals surface area contributed by atoms with Gasteiger partial charge in [-0.2, -0.15) is 4.68 Å². The molecule has 0 saturated carbocycles. The Hall–Kier alpha value is -2.46. The standard InChI is InChI=1S/C16H11ClN4/c17-9-11-10-18-16(13-6-2-1-5-12(11)13)21-15-8-4-3-7-14(15)19-20-21/h1-8,10H,9H2. The first kappa shape index (κ1) is 12.3. The van der Waals surface area contributed by atoms with Crippen molar-refractivity contribution in [2.45, 2.75) is 5.88 Å². The molecule has 102 valence electrons. The van der Waals surface area contributed by atoms with Crippen LogP contribution < -0.4 is 0 Å². The topological polar surface area (TPSA) is 43.6 Å². The van der Waals surface area contributed by atoms with E-state index in [0.717, 1.165) is 33.2 Å². The minimum Gasteiger partial charge on any atom is -0.236 e. The predicted octanol–water partition coefficient (Wildman–Crippen LogP) is 3.71. The van der Waals surface area contributed by atoms with E-state index in [1.54, 1.807) is 10.9 Å². The molecule has 2 heterocycles. The Morgan fingerprint density at radius 1 is 0.952 bits per heavy atom. The van der Waals surface area contributed by atoms with E-state index in [9.17, 15) is 0 Å². The van der Waals surface area contributed by atoms with Gasteiger partial charge in [-0.1, -0.05) is 41.6 Å². The molecule has 0 N–H and O–H groups in total. The zero-order chi connectivity index (χ0) is 14.2. The SMILES string of the molecule is ClCc1cnc(-n2nnc3ccccc32)c2ccccc12. The molecule has 0 radical (unpaired) electrons. The number of pyridine rings is 1. The van der Waals surface area contributed by atoms with Gasteiger partial charge in [0, 0.05) is 17.5 Å². The molecule has 4 aromatic rings. The molecule has 2 aromatic heterocycles. The second kappa shape index (κ2) is 4.82. The molecule has 4 rings (SSSR count). The first-order chi connectivity index (χ1) is 10.4. The minimum atomic E-state index is 0.436. The first-order valence-electron chi connectivity index (χ1n) is 6.62. The van der Waals surface area contributed by atoms with Gasteiger partial charge < -0.3 is 0 Å². The number of alkyl halides is 1. The van der Waals surface area contributed by atoms with Crippen molar-refractivity contribution in [2.24, 2.45) is 0 Å². The number of para-hydroxylation sites is 1. The quantitative estimate of drug-likeness (QED) is 0.529. The third kappa shape index (κ3) is 1.87. The Morgan fingerprint density at radius 3 is 2.57 bits per heavy atom. The van der Waals surface area contributed by atoms with Gasteiger partial charge >= 0.3 is 0 Å². The van der Waals surface area contributed by atoms with Crippen LogP contribution in [0.15, 0.2) is 54.7 Å². The summed E-state index contributed by atoms with van der Waals surface area (Å²) in [6.45, 7) is 0. The minimum absolute atomic E-state index is 0.436. The van der Waals surface area contributed by atoms with E-state index in [1.165, 1.54) is 0 Å². The number of aromatic nitrogens is 4. The van der Waals surface area contributed by atoms with E-state index in [1.807, 2.05) is 42.5 Å². The number of hydrogen-bond donors (Lipinski definition) is 0. The number of hydrogen-bond acceptors (Lipinski definition) is 3. The molecule has 0 bridgehead atoms. The van der Waals surface area contributed by atoms with Gasteiger partial charge in [0.25, 0.3) is 0 Å². The molecule has 0 aliphatic carbocycles. The summed E-state index contributed by atoms with van der Waals surface area (Å²) >= 11 is 6.00. The highest BCUT2D eigenvalue weighted by Crippen LogP contribution is 2.26. The van der Waals surface area contributed by atoms with Crippen molar-refractivity contribution in [3.8, 4) is 5.82 Å². The first-order valence-corrected chi connectivity index (χ1v) is 7.15. The van der Waals surface area contributed by atoms with Gasteiger partial charge in [-0.3, -0.25) is 0 Å². The molecular weight excluding hydrogens is 284 g/mol. The summed E-state index contributed by atoms with van der Waals surface area (Å²) in [7, 11) is 0. The largest absolute Gasteiger partial charge is 0.236 e. The average Bonchev–Trinajstić information content (AvgIpc) is 2.98. The molecule has 0 amide bonds. The lowest BCUT2D eigenvalue weighted by Crippen LogP contribution is -2.02. The maximum atomic E-state index is 6.00. The van der Waals surface area contributed by atoms with E-state index in [2.05, 4.69) is 21.4 Å². The molecule has 0 aliphatic heterocycles. The molecular formula is C16H11ClN4. The van der Waals surface area contributed by atoms with E-state index >= 15 is 0 Å². The molecule has 0 spiro atoms. The summed E-state index contributed by atoms with van der Waals surface area (Å²) in [5.41, 5.74) is 2.80. The summed E-state index contributed by atoms with van der Waals surface area (Å²) in [4.78, 5) is 4.55. The fourth-order valence-electron chi connectivity index (χ4n) is 2.54. The van der Waals surface area contributed by atoms with Crippen molar-refractivity contribution >= 4 is 33.4 Å². The van der Waals surface area contributed by atoms with Gasteiger partial charge in [0.05, 0.1) is 5.52 Å². The summed E-state index contributed by atoms with van der Waals surface area (Å²) in [5, 5.41) is 10.5. The zero-order valence-electron chi connectivity index (χ0n) is 11.1. The maximum absolute atomic E-state index is 6.00. The van der Waals surface area contributed by atoms with Gasteiger partial charge in [0.1, 0.15) is 5.52 Å². The van der Waals surface area contributed by atoms with E-state index < -0.39 is 0 Å².